The third kappa shape index (κ3) is 15.0. The predicted octanol–water partition coefficient (Wildman–Crippen LogP) is 8.39. The van der Waals surface area contributed by atoms with Gasteiger partial charge in [0.1, 0.15) is 18.8 Å². The molecule has 0 bridgehead atoms. The number of nitrogens with zero attached hydrogens (tertiary/aromatic N) is 7. The molecule has 80 heavy (non-hydrogen) atoms. The first-order valence-electron chi connectivity index (χ1n) is 26.8. The first-order valence-corrected chi connectivity index (χ1v) is 26.8. The summed E-state index contributed by atoms with van der Waals surface area (Å²) < 4.78 is 7.74. The number of nitrogens with two attached hydrogens (primary N) is 1. The van der Waals surface area contributed by atoms with E-state index in [0.717, 1.165) is 38.4 Å². The second kappa shape index (κ2) is 26.8. The molecule has 7 amide bonds. The Bertz CT molecular complexity index is 3370. The molecule has 0 saturated heterocycles. The number of Topliss-reactive ketones (excluding diaryl/α,β-unsaturated/α-hetero) is 1. The number of H-pyrrole nitrogens is 1. The van der Waals surface area contributed by atoms with Crippen molar-refractivity contribution < 1.29 is 38.3 Å². The zero-order valence-corrected chi connectivity index (χ0v) is 45.3. The Morgan fingerprint density at radius 1 is 0.800 bits per heavy atom. The number of ketones is 1. The van der Waals surface area contributed by atoms with Crippen LogP contribution in [-0.4, -0.2) is 100 Å². The summed E-state index contributed by atoms with van der Waals surface area (Å²) >= 11 is 0. The van der Waals surface area contributed by atoms with Gasteiger partial charge in [-0.25, -0.2) is 24.1 Å². The standard InChI is InChI=1S/C60H66N12O8/c1-38(2)55(69-51(74)21-9-6-10-31-71-52(75)28-29-53(71)76)48(73)32-43(19-13-30-62-59(61)78)58(77)66-46-25-22-41(23-26-46)36-80-60(79)70(33-44-18-11-14-39(3)54(44)42-16-7-5-8-17-42)35-49-67-56(45-24-27-50-63-37-64-72(50)34-45)57(68-49)47-20-12-15-40(4)65-47/h5,7-8,11-12,14-18,20,22-29,34,37-38,43,55H,6,9-10,13,19,21,30-33,35-36H2,1-4H3,(H,66,77)(H,67,68)(H,69,74)(H3,61,62,78)/t43-,55+/m1/s1. The molecule has 3 aromatic carbocycles. The van der Waals surface area contributed by atoms with Crippen LogP contribution in [0.1, 0.15) is 87.0 Å². The Hall–Kier alpha value is -9.33. The maximum atomic E-state index is 14.5. The molecule has 5 heterocycles. The highest BCUT2D eigenvalue weighted by Crippen LogP contribution is 2.32. The minimum atomic E-state index is -0.861. The van der Waals surface area contributed by atoms with Crippen LogP contribution in [0.3, 0.4) is 0 Å². The van der Waals surface area contributed by atoms with Gasteiger partial charge in [-0.1, -0.05) is 87.0 Å². The van der Waals surface area contributed by atoms with Crippen molar-refractivity contribution >= 4 is 52.9 Å². The van der Waals surface area contributed by atoms with Crippen LogP contribution in [-0.2, 0) is 48.4 Å². The Morgan fingerprint density at radius 2 is 1.56 bits per heavy atom. The number of hydrogen-bond donors (Lipinski definition) is 5. The number of anilines is 1. The number of primary amides is 1. The molecule has 0 aliphatic carbocycles. The average Bonchev–Trinajstić information content (AvgIpc) is 4.23. The van der Waals surface area contributed by atoms with E-state index in [-0.39, 0.29) is 81.5 Å². The monoisotopic (exact) mass is 1080 g/mol. The molecule has 20 heteroatoms. The summed E-state index contributed by atoms with van der Waals surface area (Å²) in [4.78, 5) is 111. The van der Waals surface area contributed by atoms with Crippen LogP contribution in [0.2, 0.25) is 0 Å². The van der Waals surface area contributed by atoms with Gasteiger partial charge >= 0.3 is 12.1 Å². The van der Waals surface area contributed by atoms with Gasteiger partial charge in [0.05, 0.1) is 36.2 Å². The second-order valence-corrected chi connectivity index (χ2v) is 20.2. The molecule has 20 nitrogen and oxygen atoms in total. The number of aromatic amines is 1. The molecule has 1 aliphatic rings. The van der Waals surface area contributed by atoms with Gasteiger partial charge in [0, 0.05) is 67.1 Å². The number of aryl methyl sites for hydroxylation is 2. The predicted molar refractivity (Wildman–Crippen MR) is 301 cm³/mol. The van der Waals surface area contributed by atoms with Crippen LogP contribution < -0.4 is 21.7 Å². The summed E-state index contributed by atoms with van der Waals surface area (Å²) in [5.41, 5.74) is 14.5. The minimum Gasteiger partial charge on any atom is -0.445 e. The van der Waals surface area contributed by atoms with E-state index < -0.39 is 30.0 Å². The summed E-state index contributed by atoms with van der Waals surface area (Å²) in [6.07, 6.45) is 7.36. The topological polar surface area (TPSA) is 269 Å². The lowest BCUT2D eigenvalue weighted by Gasteiger charge is -2.24. The summed E-state index contributed by atoms with van der Waals surface area (Å²) in [6, 6.07) is 30.8. The lowest BCUT2D eigenvalue weighted by molar-refractivity contribution is -0.137. The van der Waals surface area contributed by atoms with Crippen molar-refractivity contribution in [2.45, 2.75) is 98.4 Å². The quantitative estimate of drug-likeness (QED) is 0.0253. The molecular formula is C60H66N12O8. The number of urea groups is 1. The van der Waals surface area contributed by atoms with E-state index in [1.807, 2.05) is 113 Å². The molecule has 0 radical (unpaired) electrons. The molecule has 4 aromatic heterocycles. The van der Waals surface area contributed by atoms with Crippen LogP contribution in [0, 0.1) is 25.7 Å². The zero-order valence-electron chi connectivity index (χ0n) is 45.3. The fourth-order valence-corrected chi connectivity index (χ4v) is 9.65. The molecule has 0 fully saturated rings. The highest BCUT2D eigenvalue weighted by atomic mass is 16.6. The van der Waals surface area contributed by atoms with E-state index in [1.54, 1.807) is 33.7 Å². The van der Waals surface area contributed by atoms with Crippen molar-refractivity contribution in [3.8, 4) is 33.8 Å². The Balaban J connectivity index is 0.949. The summed E-state index contributed by atoms with van der Waals surface area (Å²) in [5.74, 6) is -2.39. The van der Waals surface area contributed by atoms with Gasteiger partial charge in [0.2, 0.25) is 11.8 Å². The molecule has 8 rings (SSSR count). The third-order valence-corrected chi connectivity index (χ3v) is 13.8. The maximum absolute atomic E-state index is 14.5. The SMILES string of the molecule is Cc1cccc(-c2[nH]c(CN(Cc3cccc(C)c3-c3ccccc3)C(=O)OCc3ccc(NC(=O)[C@H](CCCNC(N)=O)CC(=O)[C@@H](NC(=O)CCCCCN4C(=O)C=CC4=O)C(C)C)cc3)nc2-c2ccc3ncnn3c2)n1. The van der Waals surface area contributed by atoms with E-state index in [0.29, 0.717) is 65.5 Å². The number of amides is 7. The third-order valence-electron chi connectivity index (χ3n) is 13.8. The smallest absolute Gasteiger partial charge is 0.410 e. The Morgan fingerprint density at radius 3 is 2.30 bits per heavy atom. The number of imidazole rings is 1. The second-order valence-electron chi connectivity index (χ2n) is 20.2. The van der Waals surface area contributed by atoms with Gasteiger partial charge in [0.25, 0.3) is 11.8 Å². The number of ether oxygens (including phenoxy) is 1. The van der Waals surface area contributed by atoms with Crippen LogP contribution in [0.4, 0.5) is 15.3 Å². The van der Waals surface area contributed by atoms with Gasteiger partial charge in [-0.3, -0.25) is 38.8 Å². The van der Waals surface area contributed by atoms with Crippen LogP contribution in [0.25, 0.3) is 39.4 Å². The molecule has 0 saturated carbocycles. The fraction of sp³-hybridized carbons (Fsp3) is 0.317. The van der Waals surface area contributed by atoms with Crippen LogP contribution in [0.15, 0.2) is 128 Å². The molecule has 2 atom stereocenters. The number of pyridine rings is 2. The van der Waals surface area contributed by atoms with Crippen molar-refractivity contribution in [3.63, 3.8) is 0 Å². The van der Waals surface area contributed by atoms with Gasteiger partial charge in [0.15, 0.2) is 11.4 Å². The molecule has 6 N–H and O–H groups in total. The van der Waals surface area contributed by atoms with Gasteiger partial charge in [-0.2, -0.15) is 5.10 Å². The number of rotatable bonds is 26. The number of unbranched alkanes of at least 4 members (excludes halogenated alkanes) is 2. The number of hydrogen-bond acceptors (Lipinski definition) is 12. The number of nitrogens with one attached hydrogen (secondary N) is 4. The number of carbonyl (C=O) groups excluding carboxylic acids is 7. The van der Waals surface area contributed by atoms with Gasteiger partial charge in [-0.15, -0.1) is 0 Å². The minimum absolute atomic E-state index is 0.0377. The van der Waals surface area contributed by atoms with Crippen molar-refractivity contribution in [3.05, 3.63) is 156 Å². The Kier molecular flexibility index (Phi) is 19.1. The van der Waals surface area contributed by atoms with Crippen molar-refractivity contribution in [1.82, 2.24) is 50.0 Å². The van der Waals surface area contributed by atoms with E-state index in [1.165, 1.54) is 18.5 Å². The molecule has 414 valence electrons. The lowest BCUT2D eigenvalue weighted by Crippen LogP contribution is -2.45. The molecule has 0 unspecified atom stereocenters. The normalized spacial score (nSPS) is 12.9. The van der Waals surface area contributed by atoms with Crippen molar-refractivity contribution in [2.75, 3.05) is 18.4 Å². The molecule has 1 aliphatic heterocycles. The first kappa shape index (κ1) is 56.9. The number of fused-ring (bicyclic) bond motifs is 1. The van der Waals surface area contributed by atoms with Gasteiger partial charge in [-0.05, 0) is 110 Å². The number of imide groups is 1. The first-order chi connectivity index (χ1) is 38.6. The fourth-order valence-electron chi connectivity index (χ4n) is 9.65. The summed E-state index contributed by atoms with van der Waals surface area (Å²) in [6.45, 7) is 8.14. The largest absolute Gasteiger partial charge is 0.445 e. The zero-order chi connectivity index (χ0) is 56.7. The Labute approximate surface area is 463 Å². The van der Waals surface area contributed by atoms with Crippen molar-refractivity contribution in [2.24, 2.45) is 17.6 Å². The molecule has 7 aromatic rings. The van der Waals surface area contributed by atoms with Crippen LogP contribution >= 0.6 is 0 Å². The van der Waals surface area contributed by atoms with Gasteiger partial charge < -0.3 is 31.4 Å². The molecular weight excluding hydrogens is 1020 g/mol. The van der Waals surface area contributed by atoms with E-state index in [2.05, 4.69) is 31.0 Å². The van der Waals surface area contributed by atoms with Crippen LogP contribution in [0.5, 0.6) is 0 Å². The number of benzene rings is 3. The van der Waals surface area contributed by atoms with E-state index in [4.69, 9.17) is 20.4 Å². The lowest BCUT2D eigenvalue weighted by atomic mass is 9.89. The highest BCUT2D eigenvalue weighted by Gasteiger charge is 2.30. The number of aromatic nitrogens is 6. The van der Waals surface area contributed by atoms with E-state index in [9.17, 15) is 33.6 Å². The molecule has 0 spiro atoms. The van der Waals surface area contributed by atoms with Crippen molar-refractivity contribution in [1.29, 1.82) is 0 Å². The summed E-state index contributed by atoms with van der Waals surface area (Å²) in [7, 11) is 0. The number of carbonyl (C=O) groups is 7. The average molecular weight is 1080 g/mol. The van der Waals surface area contributed by atoms with E-state index >= 15 is 0 Å². The summed E-state index contributed by atoms with van der Waals surface area (Å²) in [5, 5.41) is 12.6. The maximum Gasteiger partial charge on any atom is 0.410 e. The highest BCUT2D eigenvalue weighted by molar-refractivity contribution is 6.12.